The number of alkyl halides is 3. The fourth-order valence-electron chi connectivity index (χ4n) is 1.40. The molecule has 0 saturated heterocycles. The van der Waals surface area contributed by atoms with E-state index in [2.05, 4.69) is 31.0 Å². The van der Waals surface area contributed by atoms with Gasteiger partial charge in [-0.15, -0.1) is 0 Å². The van der Waals surface area contributed by atoms with E-state index in [0.717, 1.165) is 10.7 Å². The van der Waals surface area contributed by atoms with Gasteiger partial charge in [0.1, 0.15) is 10.4 Å². The molecule has 0 spiro atoms. The second-order valence-corrected chi connectivity index (χ2v) is 5.02. The lowest BCUT2D eigenvalue weighted by Crippen LogP contribution is -2.09. The molecular weight excluding hydrogens is 325 g/mol. The maximum Gasteiger partial charge on any atom is 0.435 e. The van der Waals surface area contributed by atoms with Crippen molar-refractivity contribution in [1.29, 1.82) is 0 Å². The average Bonchev–Trinajstić information content (AvgIpc) is 2.76. The summed E-state index contributed by atoms with van der Waals surface area (Å²) in [5.74, 6) is 0.892. The number of rotatable bonds is 2. The van der Waals surface area contributed by atoms with Crippen molar-refractivity contribution in [3.63, 3.8) is 0 Å². The zero-order valence-electron chi connectivity index (χ0n) is 10.1. The Hall–Kier alpha value is -1.44. The van der Waals surface area contributed by atoms with Gasteiger partial charge < -0.3 is 0 Å². The third-order valence-corrected chi connectivity index (χ3v) is 2.74. The van der Waals surface area contributed by atoms with Crippen molar-refractivity contribution in [3.8, 4) is 5.82 Å². The van der Waals surface area contributed by atoms with Gasteiger partial charge in [0.15, 0.2) is 11.5 Å². The van der Waals surface area contributed by atoms with Crippen LogP contribution in [-0.4, -0.2) is 19.7 Å². The molecule has 8 heteroatoms. The first kappa shape index (κ1) is 14.0. The SMILES string of the molecule is CC(C)c1nc(Br)cc(-n2ccc(C(F)(F)F)n2)n1. The molecule has 2 aromatic rings. The van der Waals surface area contributed by atoms with Crippen molar-refractivity contribution < 1.29 is 13.2 Å². The molecule has 102 valence electrons. The van der Waals surface area contributed by atoms with E-state index in [1.54, 1.807) is 0 Å². The van der Waals surface area contributed by atoms with Gasteiger partial charge >= 0.3 is 6.18 Å². The number of aromatic nitrogens is 4. The molecule has 19 heavy (non-hydrogen) atoms. The van der Waals surface area contributed by atoms with Gasteiger partial charge in [0, 0.05) is 18.2 Å². The molecular formula is C11H10BrF3N4. The van der Waals surface area contributed by atoms with Crippen molar-refractivity contribution in [3.05, 3.63) is 34.5 Å². The molecule has 2 rings (SSSR count). The second kappa shape index (κ2) is 4.92. The summed E-state index contributed by atoms with van der Waals surface area (Å²) in [6.07, 6.45) is -3.24. The zero-order chi connectivity index (χ0) is 14.2. The van der Waals surface area contributed by atoms with Gasteiger partial charge in [-0.05, 0) is 22.0 Å². The molecule has 0 aromatic carbocycles. The Bertz CT molecular complexity index is 592. The van der Waals surface area contributed by atoms with E-state index in [-0.39, 0.29) is 5.92 Å². The smallest absolute Gasteiger partial charge is 0.226 e. The quantitative estimate of drug-likeness (QED) is 0.788. The van der Waals surface area contributed by atoms with Crippen molar-refractivity contribution in [2.45, 2.75) is 25.9 Å². The molecule has 4 nitrogen and oxygen atoms in total. The molecule has 0 aliphatic heterocycles. The number of nitrogens with zero attached hydrogens (tertiary/aromatic N) is 4. The molecule has 0 bridgehead atoms. The first-order chi connectivity index (χ1) is 8.77. The molecule has 0 amide bonds. The summed E-state index contributed by atoms with van der Waals surface area (Å²) in [7, 11) is 0. The van der Waals surface area contributed by atoms with Gasteiger partial charge in [-0.1, -0.05) is 13.8 Å². The van der Waals surface area contributed by atoms with Crippen molar-refractivity contribution in [1.82, 2.24) is 19.7 Å². The van der Waals surface area contributed by atoms with Crippen LogP contribution in [0.2, 0.25) is 0 Å². The van der Waals surface area contributed by atoms with E-state index >= 15 is 0 Å². The minimum absolute atomic E-state index is 0.0638. The summed E-state index contributed by atoms with van der Waals surface area (Å²) in [5, 5.41) is 3.47. The zero-order valence-corrected chi connectivity index (χ0v) is 11.7. The van der Waals surface area contributed by atoms with Crippen LogP contribution < -0.4 is 0 Å². The van der Waals surface area contributed by atoms with Crippen LogP contribution in [-0.2, 0) is 6.18 Å². The van der Waals surface area contributed by atoms with Gasteiger partial charge in [0.05, 0.1) is 0 Å². The van der Waals surface area contributed by atoms with Crippen molar-refractivity contribution >= 4 is 15.9 Å². The number of hydrogen-bond acceptors (Lipinski definition) is 3. The largest absolute Gasteiger partial charge is 0.435 e. The molecule has 0 radical (unpaired) electrons. The van der Waals surface area contributed by atoms with E-state index in [1.165, 1.54) is 12.3 Å². The van der Waals surface area contributed by atoms with E-state index in [9.17, 15) is 13.2 Å². The normalized spacial score (nSPS) is 12.2. The molecule has 0 saturated carbocycles. The van der Waals surface area contributed by atoms with E-state index < -0.39 is 11.9 Å². The standard InChI is InChI=1S/C11H10BrF3N4/c1-6(2)10-16-8(12)5-9(17-10)19-4-3-7(18-19)11(13,14)15/h3-6H,1-2H3. The van der Waals surface area contributed by atoms with E-state index in [0.29, 0.717) is 16.2 Å². The fraction of sp³-hybridized carbons (Fsp3) is 0.364. The van der Waals surface area contributed by atoms with Crippen LogP contribution >= 0.6 is 15.9 Å². The Kier molecular flexibility index (Phi) is 3.62. The van der Waals surface area contributed by atoms with Crippen LogP contribution in [0.1, 0.15) is 31.3 Å². The highest BCUT2D eigenvalue weighted by atomic mass is 79.9. The van der Waals surface area contributed by atoms with Gasteiger partial charge in [0.2, 0.25) is 0 Å². The predicted octanol–water partition coefficient (Wildman–Crippen LogP) is 3.57. The van der Waals surface area contributed by atoms with E-state index in [4.69, 9.17) is 0 Å². The minimum Gasteiger partial charge on any atom is -0.226 e. The second-order valence-electron chi connectivity index (χ2n) is 4.21. The molecule has 0 unspecified atom stereocenters. The van der Waals surface area contributed by atoms with Crippen LogP contribution in [0.25, 0.3) is 5.82 Å². The predicted molar refractivity (Wildman–Crippen MR) is 65.9 cm³/mol. The third kappa shape index (κ3) is 3.12. The first-order valence-electron chi connectivity index (χ1n) is 5.45. The molecule has 2 aromatic heterocycles. The van der Waals surface area contributed by atoms with Crippen LogP contribution in [0.4, 0.5) is 13.2 Å². The van der Waals surface area contributed by atoms with Crippen LogP contribution in [0.5, 0.6) is 0 Å². The highest BCUT2D eigenvalue weighted by Gasteiger charge is 2.33. The molecule has 0 aliphatic rings. The number of hydrogen-bond donors (Lipinski definition) is 0. The van der Waals surface area contributed by atoms with Crippen LogP contribution in [0.15, 0.2) is 22.9 Å². The molecule has 0 aliphatic carbocycles. The molecule has 0 fully saturated rings. The first-order valence-corrected chi connectivity index (χ1v) is 6.24. The van der Waals surface area contributed by atoms with Crippen LogP contribution in [0, 0.1) is 0 Å². The summed E-state index contributed by atoms with van der Waals surface area (Å²) in [6, 6.07) is 2.42. The number of halogens is 4. The lowest BCUT2D eigenvalue weighted by molar-refractivity contribution is -0.141. The summed E-state index contributed by atoms with van der Waals surface area (Å²) in [5.41, 5.74) is -0.951. The Morgan fingerprint density at radius 1 is 1.26 bits per heavy atom. The summed E-state index contributed by atoms with van der Waals surface area (Å²) in [4.78, 5) is 8.35. The topological polar surface area (TPSA) is 43.6 Å². The fourth-order valence-corrected chi connectivity index (χ4v) is 1.79. The van der Waals surface area contributed by atoms with Crippen LogP contribution in [0.3, 0.4) is 0 Å². The Morgan fingerprint density at radius 2 is 1.95 bits per heavy atom. The maximum absolute atomic E-state index is 12.5. The summed E-state index contributed by atoms with van der Waals surface area (Å²) in [6.45, 7) is 3.80. The van der Waals surface area contributed by atoms with E-state index in [1.807, 2.05) is 13.8 Å². The highest BCUT2D eigenvalue weighted by molar-refractivity contribution is 9.10. The minimum atomic E-state index is -4.46. The Morgan fingerprint density at radius 3 is 2.47 bits per heavy atom. The monoisotopic (exact) mass is 334 g/mol. The Balaban J connectivity index is 2.44. The summed E-state index contributed by atoms with van der Waals surface area (Å²) >= 11 is 3.21. The van der Waals surface area contributed by atoms with Gasteiger partial charge in [-0.3, -0.25) is 0 Å². The summed E-state index contributed by atoms with van der Waals surface area (Å²) < 4.78 is 39.0. The Labute approximate surface area is 115 Å². The molecule has 0 N–H and O–H groups in total. The lowest BCUT2D eigenvalue weighted by Gasteiger charge is -2.07. The van der Waals surface area contributed by atoms with Gasteiger partial charge in [0.25, 0.3) is 0 Å². The third-order valence-electron chi connectivity index (χ3n) is 2.33. The maximum atomic E-state index is 12.5. The average molecular weight is 335 g/mol. The van der Waals surface area contributed by atoms with Gasteiger partial charge in [-0.2, -0.15) is 18.3 Å². The molecule has 0 atom stereocenters. The lowest BCUT2D eigenvalue weighted by atomic mass is 10.2. The van der Waals surface area contributed by atoms with Gasteiger partial charge in [-0.25, -0.2) is 14.6 Å². The van der Waals surface area contributed by atoms with Crippen molar-refractivity contribution in [2.24, 2.45) is 0 Å². The molecule has 2 heterocycles. The van der Waals surface area contributed by atoms with Crippen molar-refractivity contribution in [2.75, 3.05) is 0 Å². The highest BCUT2D eigenvalue weighted by Crippen LogP contribution is 2.28.